The van der Waals surface area contributed by atoms with E-state index in [9.17, 15) is 9.90 Å². The molecule has 0 saturated heterocycles. The Bertz CT molecular complexity index is 952. The van der Waals surface area contributed by atoms with Gasteiger partial charge in [-0.05, 0) is 43.3 Å². The topological polar surface area (TPSA) is 78.9 Å². The standard InChI is InChI=1S/C18H12BrN3O2/c1-11-16(18(23)24)17(13-4-2-12(10-20)3-5-13)21-22(11)15-8-6-14(19)7-9-15/h2-9H,1H3,(H,23,24). The minimum atomic E-state index is -1.03. The molecule has 0 unspecified atom stereocenters. The molecule has 0 saturated carbocycles. The molecule has 0 bridgehead atoms. The van der Waals surface area contributed by atoms with Crippen LogP contribution in [0.15, 0.2) is 53.0 Å². The van der Waals surface area contributed by atoms with Gasteiger partial charge in [0.2, 0.25) is 0 Å². The summed E-state index contributed by atoms with van der Waals surface area (Å²) in [4.78, 5) is 11.7. The predicted molar refractivity (Wildman–Crippen MR) is 93.1 cm³/mol. The summed E-state index contributed by atoms with van der Waals surface area (Å²) in [6.45, 7) is 1.73. The average Bonchev–Trinajstić information content (AvgIpc) is 2.93. The number of hydrogen-bond acceptors (Lipinski definition) is 3. The Morgan fingerprint density at radius 2 is 1.79 bits per heavy atom. The van der Waals surface area contributed by atoms with Crippen molar-refractivity contribution in [2.45, 2.75) is 6.92 Å². The van der Waals surface area contributed by atoms with Crippen LogP contribution in [-0.2, 0) is 0 Å². The van der Waals surface area contributed by atoms with Gasteiger partial charge in [-0.2, -0.15) is 10.4 Å². The summed E-state index contributed by atoms with van der Waals surface area (Å²) in [5.41, 5.74) is 3.03. The molecule has 0 aliphatic heterocycles. The van der Waals surface area contributed by atoms with Crippen LogP contribution in [-0.4, -0.2) is 20.9 Å². The van der Waals surface area contributed by atoms with Crippen molar-refractivity contribution in [2.75, 3.05) is 0 Å². The van der Waals surface area contributed by atoms with Crippen molar-refractivity contribution in [3.8, 4) is 23.0 Å². The molecule has 6 heteroatoms. The lowest BCUT2D eigenvalue weighted by Gasteiger charge is -2.04. The zero-order valence-electron chi connectivity index (χ0n) is 12.7. The third-order valence-electron chi connectivity index (χ3n) is 3.69. The molecule has 3 aromatic rings. The molecule has 3 rings (SSSR count). The lowest BCUT2D eigenvalue weighted by Crippen LogP contribution is -2.02. The van der Waals surface area contributed by atoms with E-state index in [1.807, 2.05) is 30.3 Å². The van der Waals surface area contributed by atoms with Gasteiger partial charge in [0.05, 0.1) is 23.0 Å². The number of carbonyl (C=O) groups is 1. The summed E-state index contributed by atoms with van der Waals surface area (Å²) in [6, 6.07) is 16.2. The van der Waals surface area contributed by atoms with E-state index in [1.54, 1.807) is 35.9 Å². The molecule has 0 atom stereocenters. The van der Waals surface area contributed by atoms with Crippen LogP contribution in [0.3, 0.4) is 0 Å². The van der Waals surface area contributed by atoms with Gasteiger partial charge in [-0.25, -0.2) is 9.48 Å². The Hall–Kier alpha value is -2.91. The normalized spacial score (nSPS) is 10.4. The van der Waals surface area contributed by atoms with Crippen molar-refractivity contribution in [3.63, 3.8) is 0 Å². The van der Waals surface area contributed by atoms with Crippen molar-refractivity contribution in [2.24, 2.45) is 0 Å². The van der Waals surface area contributed by atoms with Gasteiger partial charge in [-0.1, -0.05) is 28.1 Å². The first kappa shape index (κ1) is 16.0. The lowest BCUT2D eigenvalue weighted by molar-refractivity contribution is 0.0697. The average molecular weight is 382 g/mol. The van der Waals surface area contributed by atoms with Crippen LogP contribution in [0, 0.1) is 18.3 Å². The van der Waals surface area contributed by atoms with Crippen molar-refractivity contribution in [1.29, 1.82) is 5.26 Å². The Morgan fingerprint density at radius 3 is 2.33 bits per heavy atom. The minimum Gasteiger partial charge on any atom is -0.478 e. The molecule has 0 spiro atoms. The van der Waals surface area contributed by atoms with Gasteiger partial charge >= 0.3 is 5.97 Å². The maximum absolute atomic E-state index is 11.7. The van der Waals surface area contributed by atoms with Crippen LogP contribution < -0.4 is 0 Å². The highest BCUT2D eigenvalue weighted by molar-refractivity contribution is 9.10. The lowest BCUT2D eigenvalue weighted by atomic mass is 10.0. The fraction of sp³-hybridized carbons (Fsp3) is 0.0556. The quantitative estimate of drug-likeness (QED) is 0.737. The highest BCUT2D eigenvalue weighted by Crippen LogP contribution is 2.28. The van der Waals surface area contributed by atoms with E-state index >= 15 is 0 Å². The number of aromatic carboxylic acids is 1. The number of hydrogen-bond donors (Lipinski definition) is 1. The smallest absolute Gasteiger partial charge is 0.339 e. The van der Waals surface area contributed by atoms with E-state index in [0.29, 0.717) is 22.5 Å². The molecule has 0 aliphatic rings. The van der Waals surface area contributed by atoms with Crippen LogP contribution in [0.25, 0.3) is 16.9 Å². The summed E-state index contributed by atoms with van der Waals surface area (Å²) in [5, 5.41) is 23.0. The second kappa shape index (κ2) is 6.30. The van der Waals surface area contributed by atoms with Crippen LogP contribution in [0.4, 0.5) is 0 Å². The predicted octanol–water partition coefficient (Wildman–Crippen LogP) is 4.18. The maximum atomic E-state index is 11.7. The number of nitriles is 1. The zero-order chi connectivity index (χ0) is 17.3. The first-order valence-corrected chi connectivity index (χ1v) is 7.90. The van der Waals surface area contributed by atoms with Crippen LogP contribution >= 0.6 is 15.9 Å². The van der Waals surface area contributed by atoms with E-state index in [1.165, 1.54) is 0 Å². The number of benzene rings is 2. The first-order chi connectivity index (χ1) is 11.5. The van der Waals surface area contributed by atoms with Gasteiger partial charge in [0.25, 0.3) is 0 Å². The Balaban J connectivity index is 2.18. The molecule has 0 aliphatic carbocycles. The van der Waals surface area contributed by atoms with Gasteiger partial charge in [-0.3, -0.25) is 0 Å². The Labute approximate surface area is 146 Å². The van der Waals surface area contributed by atoms with E-state index in [4.69, 9.17) is 5.26 Å². The van der Waals surface area contributed by atoms with E-state index in [-0.39, 0.29) is 5.56 Å². The molecule has 1 heterocycles. The van der Waals surface area contributed by atoms with Gasteiger partial charge in [0, 0.05) is 10.0 Å². The van der Waals surface area contributed by atoms with E-state index in [2.05, 4.69) is 21.0 Å². The monoisotopic (exact) mass is 381 g/mol. The molecular weight excluding hydrogens is 370 g/mol. The highest BCUT2D eigenvalue weighted by atomic mass is 79.9. The number of nitrogens with zero attached hydrogens (tertiary/aromatic N) is 3. The van der Waals surface area contributed by atoms with Crippen molar-refractivity contribution >= 4 is 21.9 Å². The minimum absolute atomic E-state index is 0.155. The summed E-state index contributed by atoms with van der Waals surface area (Å²) < 4.78 is 2.55. The molecule has 2 aromatic carbocycles. The summed E-state index contributed by atoms with van der Waals surface area (Å²) >= 11 is 3.38. The third kappa shape index (κ3) is 2.82. The summed E-state index contributed by atoms with van der Waals surface area (Å²) in [7, 11) is 0. The summed E-state index contributed by atoms with van der Waals surface area (Å²) in [6.07, 6.45) is 0. The fourth-order valence-electron chi connectivity index (χ4n) is 2.50. The highest BCUT2D eigenvalue weighted by Gasteiger charge is 2.22. The van der Waals surface area contributed by atoms with Gasteiger partial charge in [-0.15, -0.1) is 0 Å². The van der Waals surface area contributed by atoms with Crippen LogP contribution in [0.1, 0.15) is 21.6 Å². The number of rotatable bonds is 3. The molecule has 0 fully saturated rings. The van der Waals surface area contributed by atoms with Crippen molar-refractivity contribution in [3.05, 3.63) is 69.8 Å². The molecule has 1 N–H and O–H groups in total. The second-order valence-electron chi connectivity index (χ2n) is 5.19. The van der Waals surface area contributed by atoms with Crippen LogP contribution in [0.2, 0.25) is 0 Å². The second-order valence-corrected chi connectivity index (χ2v) is 6.11. The largest absolute Gasteiger partial charge is 0.478 e. The molecule has 118 valence electrons. The van der Waals surface area contributed by atoms with Crippen LogP contribution in [0.5, 0.6) is 0 Å². The summed E-state index contributed by atoms with van der Waals surface area (Å²) in [5.74, 6) is -1.03. The Kier molecular flexibility index (Phi) is 4.19. The van der Waals surface area contributed by atoms with Gasteiger partial charge < -0.3 is 5.11 Å². The molecule has 5 nitrogen and oxygen atoms in total. The van der Waals surface area contributed by atoms with Crippen molar-refractivity contribution in [1.82, 2.24) is 9.78 Å². The molecule has 0 amide bonds. The zero-order valence-corrected chi connectivity index (χ0v) is 14.3. The first-order valence-electron chi connectivity index (χ1n) is 7.10. The van der Waals surface area contributed by atoms with Gasteiger partial charge in [0.15, 0.2) is 0 Å². The molecule has 24 heavy (non-hydrogen) atoms. The van der Waals surface area contributed by atoms with Gasteiger partial charge in [0.1, 0.15) is 11.3 Å². The van der Waals surface area contributed by atoms with E-state index in [0.717, 1.165) is 10.2 Å². The van der Waals surface area contributed by atoms with E-state index < -0.39 is 5.97 Å². The number of halogens is 1. The fourth-order valence-corrected chi connectivity index (χ4v) is 2.76. The number of carboxylic acid groups (broad SMARTS) is 1. The number of aromatic nitrogens is 2. The molecular formula is C18H12BrN3O2. The maximum Gasteiger partial charge on any atom is 0.339 e. The third-order valence-corrected chi connectivity index (χ3v) is 4.22. The Morgan fingerprint density at radius 1 is 1.17 bits per heavy atom. The molecule has 1 aromatic heterocycles. The number of carboxylic acids is 1. The molecule has 0 radical (unpaired) electrons. The van der Waals surface area contributed by atoms with Crippen molar-refractivity contribution < 1.29 is 9.90 Å². The SMILES string of the molecule is Cc1c(C(=O)O)c(-c2ccc(C#N)cc2)nn1-c1ccc(Br)cc1.